The predicted octanol–water partition coefficient (Wildman–Crippen LogP) is 2.15. The van der Waals surface area contributed by atoms with Crippen LogP contribution in [0.25, 0.3) is 0 Å². The van der Waals surface area contributed by atoms with Crippen molar-refractivity contribution in [3.05, 3.63) is 39.9 Å². The lowest BCUT2D eigenvalue weighted by Gasteiger charge is -2.21. The first-order chi connectivity index (χ1) is 10.6. The minimum absolute atomic E-state index is 0.129. The molecule has 1 aliphatic heterocycles. The van der Waals surface area contributed by atoms with Crippen molar-refractivity contribution in [1.29, 1.82) is 0 Å². The Morgan fingerprint density at radius 1 is 1.22 bits per heavy atom. The lowest BCUT2D eigenvalue weighted by molar-refractivity contribution is -0.384. The van der Waals surface area contributed by atoms with Gasteiger partial charge in [0.25, 0.3) is 5.69 Å². The Labute approximate surface area is 125 Å². The van der Waals surface area contributed by atoms with E-state index in [1.165, 1.54) is 12.1 Å². The Morgan fingerprint density at radius 3 is 2.26 bits per heavy atom. The number of non-ortho nitro benzene ring substituents is 1. The second-order valence-corrected chi connectivity index (χ2v) is 4.46. The number of aliphatic carboxylic acids is 1. The summed E-state index contributed by atoms with van der Waals surface area (Å²) in [5.74, 6) is -15.0. The quantitative estimate of drug-likeness (QED) is 0.506. The first-order valence-corrected chi connectivity index (χ1v) is 5.93. The average molecular weight is 333 g/mol. The SMILES string of the molecule is O=C(O)C(F)(F)C(F)(F)C1=NCC(c2ccc([N+](=O)[O-])cc2)=N1. The second-order valence-electron chi connectivity index (χ2n) is 4.46. The van der Waals surface area contributed by atoms with Gasteiger partial charge in [0.2, 0.25) is 5.84 Å². The Bertz CT molecular complexity index is 728. The summed E-state index contributed by atoms with van der Waals surface area (Å²) in [5.41, 5.74) is -0.212. The van der Waals surface area contributed by atoms with Crippen molar-refractivity contribution in [2.75, 3.05) is 6.54 Å². The maximum atomic E-state index is 13.6. The number of aliphatic imine (C=N–C) groups is 2. The van der Waals surface area contributed by atoms with E-state index < -0.39 is 35.1 Å². The highest BCUT2D eigenvalue weighted by atomic mass is 19.3. The van der Waals surface area contributed by atoms with E-state index in [2.05, 4.69) is 9.98 Å². The Balaban J connectivity index is 2.29. The number of rotatable bonds is 5. The monoisotopic (exact) mass is 333 g/mol. The molecule has 0 aromatic heterocycles. The van der Waals surface area contributed by atoms with E-state index in [0.29, 0.717) is 0 Å². The predicted molar refractivity (Wildman–Crippen MR) is 69.5 cm³/mol. The fourth-order valence-corrected chi connectivity index (χ4v) is 1.72. The Morgan fingerprint density at radius 2 is 1.78 bits per heavy atom. The van der Waals surface area contributed by atoms with Crippen LogP contribution < -0.4 is 0 Å². The Hall–Kier alpha value is -2.85. The molecule has 0 spiro atoms. The fraction of sp³-hybridized carbons (Fsp3) is 0.250. The van der Waals surface area contributed by atoms with Crippen molar-refractivity contribution in [3.63, 3.8) is 0 Å². The van der Waals surface area contributed by atoms with Crippen molar-refractivity contribution >= 4 is 23.2 Å². The number of benzene rings is 1. The molecule has 0 amide bonds. The topological polar surface area (TPSA) is 105 Å². The van der Waals surface area contributed by atoms with E-state index in [4.69, 9.17) is 5.11 Å². The minimum atomic E-state index is -5.36. The molecule has 0 atom stereocenters. The number of hydrogen-bond acceptors (Lipinski definition) is 5. The van der Waals surface area contributed by atoms with Gasteiger partial charge >= 0.3 is 17.8 Å². The summed E-state index contributed by atoms with van der Waals surface area (Å²) in [7, 11) is 0. The van der Waals surface area contributed by atoms with Crippen LogP contribution in [-0.4, -0.2) is 45.9 Å². The van der Waals surface area contributed by atoms with Gasteiger partial charge in [-0.05, 0) is 17.7 Å². The molecule has 1 aliphatic rings. The van der Waals surface area contributed by atoms with Crippen LogP contribution in [0.5, 0.6) is 0 Å². The molecule has 0 saturated heterocycles. The highest BCUT2D eigenvalue weighted by molar-refractivity contribution is 6.15. The fourth-order valence-electron chi connectivity index (χ4n) is 1.72. The normalized spacial score (nSPS) is 15.1. The van der Waals surface area contributed by atoms with E-state index in [0.717, 1.165) is 12.1 Å². The molecule has 1 N–H and O–H groups in total. The van der Waals surface area contributed by atoms with Gasteiger partial charge in [0.1, 0.15) is 0 Å². The molecular weight excluding hydrogens is 326 g/mol. The van der Waals surface area contributed by atoms with Gasteiger partial charge in [-0.25, -0.2) is 9.79 Å². The number of alkyl halides is 4. The van der Waals surface area contributed by atoms with Crippen LogP contribution in [0.2, 0.25) is 0 Å². The number of nitrogens with zero attached hydrogens (tertiary/aromatic N) is 3. The van der Waals surface area contributed by atoms with Gasteiger partial charge in [-0.1, -0.05) is 0 Å². The lowest BCUT2D eigenvalue weighted by atomic mass is 10.1. The van der Waals surface area contributed by atoms with Gasteiger partial charge in [0.05, 0.1) is 17.2 Å². The summed E-state index contributed by atoms with van der Waals surface area (Å²) in [4.78, 5) is 26.5. The molecule has 0 fully saturated rings. The maximum Gasteiger partial charge on any atom is 0.411 e. The molecule has 1 aromatic carbocycles. The maximum absolute atomic E-state index is 13.6. The third kappa shape index (κ3) is 2.76. The number of nitro groups is 1. The second kappa shape index (κ2) is 5.41. The molecule has 2 rings (SSSR count). The summed E-state index contributed by atoms with van der Waals surface area (Å²) in [6, 6.07) is 4.56. The lowest BCUT2D eigenvalue weighted by Crippen LogP contribution is -2.51. The smallest absolute Gasteiger partial charge is 0.411 e. The molecule has 0 radical (unpaired) electrons. The zero-order valence-electron chi connectivity index (χ0n) is 11.0. The zero-order valence-corrected chi connectivity index (χ0v) is 11.0. The van der Waals surface area contributed by atoms with E-state index >= 15 is 0 Å². The molecule has 11 heteroatoms. The summed E-state index contributed by atoms with van der Waals surface area (Å²) in [5, 5.41) is 18.7. The van der Waals surface area contributed by atoms with Crippen LogP contribution in [0.3, 0.4) is 0 Å². The van der Waals surface area contributed by atoms with E-state index in [9.17, 15) is 32.5 Å². The zero-order chi connectivity index (χ0) is 17.4. The summed E-state index contributed by atoms with van der Waals surface area (Å²) in [6.45, 7) is -0.474. The van der Waals surface area contributed by atoms with Gasteiger partial charge in [0.15, 0.2) is 0 Å². The van der Waals surface area contributed by atoms with Crippen molar-refractivity contribution in [2.45, 2.75) is 11.8 Å². The summed E-state index contributed by atoms with van der Waals surface area (Å²) >= 11 is 0. The van der Waals surface area contributed by atoms with Crippen molar-refractivity contribution < 1.29 is 32.4 Å². The molecular formula is C12H7F4N3O4. The molecule has 23 heavy (non-hydrogen) atoms. The van der Waals surface area contributed by atoms with Crippen LogP contribution in [0.4, 0.5) is 23.2 Å². The van der Waals surface area contributed by atoms with Crippen LogP contribution in [-0.2, 0) is 4.79 Å². The number of amidine groups is 1. The van der Waals surface area contributed by atoms with Crippen LogP contribution in [0.15, 0.2) is 34.3 Å². The molecule has 0 unspecified atom stereocenters. The largest absolute Gasteiger partial charge is 0.477 e. The molecule has 0 bridgehead atoms. The highest BCUT2D eigenvalue weighted by Gasteiger charge is 2.66. The van der Waals surface area contributed by atoms with E-state index in [-0.39, 0.29) is 17.0 Å². The number of carbonyl (C=O) groups is 1. The molecule has 122 valence electrons. The summed E-state index contributed by atoms with van der Waals surface area (Å²) in [6.07, 6.45) is 0. The first-order valence-electron chi connectivity index (χ1n) is 5.93. The standard InChI is InChI=1S/C12H7F4N3O4/c13-11(14,12(15,16)10(20)21)9-17-5-8(18-9)6-1-3-7(4-2-6)19(22)23/h1-4H,5H2,(H,20,21). The molecule has 1 aromatic rings. The van der Waals surface area contributed by atoms with E-state index in [1.807, 2.05) is 0 Å². The van der Waals surface area contributed by atoms with Gasteiger partial charge in [-0.15, -0.1) is 0 Å². The van der Waals surface area contributed by atoms with Gasteiger partial charge < -0.3 is 5.11 Å². The number of nitro benzene ring substituents is 1. The van der Waals surface area contributed by atoms with Gasteiger partial charge in [-0.2, -0.15) is 17.6 Å². The molecule has 7 nitrogen and oxygen atoms in total. The number of halogens is 4. The summed E-state index contributed by atoms with van der Waals surface area (Å²) < 4.78 is 53.3. The number of carboxylic acids is 1. The molecule has 0 aliphatic carbocycles. The van der Waals surface area contributed by atoms with Crippen LogP contribution in [0.1, 0.15) is 5.56 Å². The molecule has 0 saturated carbocycles. The van der Waals surface area contributed by atoms with E-state index in [1.54, 1.807) is 0 Å². The van der Waals surface area contributed by atoms with Gasteiger partial charge in [-0.3, -0.25) is 15.1 Å². The van der Waals surface area contributed by atoms with Crippen molar-refractivity contribution in [1.82, 2.24) is 0 Å². The number of carboxylic acid groups (broad SMARTS) is 1. The third-order valence-electron chi connectivity index (χ3n) is 2.97. The highest BCUT2D eigenvalue weighted by Crippen LogP contribution is 2.37. The van der Waals surface area contributed by atoms with Crippen molar-refractivity contribution in [3.8, 4) is 0 Å². The minimum Gasteiger partial charge on any atom is -0.477 e. The average Bonchev–Trinajstić information content (AvgIpc) is 2.97. The van der Waals surface area contributed by atoms with Crippen molar-refractivity contribution in [2.24, 2.45) is 9.98 Å². The number of hydrogen-bond donors (Lipinski definition) is 1. The van der Waals surface area contributed by atoms with Crippen LogP contribution in [0, 0.1) is 10.1 Å². The Kier molecular flexibility index (Phi) is 3.89. The third-order valence-corrected chi connectivity index (χ3v) is 2.97. The first kappa shape index (κ1) is 16.5. The molecule has 1 heterocycles. The van der Waals surface area contributed by atoms with Gasteiger partial charge in [0, 0.05) is 12.1 Å². The van der Waals surface area contributed by atoms with Crippen LogP contribution >= 0.6 is 0 Å².